The van der Waals surface area contributed by atoms with E-state index in [0.29, 0.717) is 12.2 Å². The van der Waals surface area contributed by atoms with Gasteiger partial charge in [0.2, 0.25) is 20.0 Å². The molecule has 11 heteroatoms. The molecule has 0 spiro atoms. The lowest BCUT2D eigenvalue weighted by atomic mass is 9.99. The highest BCUT2D eigenvalue weighted by Crippen LogP contribution is 2.35. The number of rotatable bonds is 7. The zero-order valence-corrected chi connectivity index (χ0v) is 21.7. The summed E-state index contributed by atoms with van der Waals surface area (Å²) in [6.07, 6.45) is 5.84. The number of aromatic nitrogens is 1. The number of hydrogen-bond donors (Lipinski definition) is 1. The fraction of sp³-hybridized carbons (Fsp3) is 0.280. The molecule has 1 atom stereocenters. The van der Waals surface area contributed by atoms with Crippen molar-refractivity contribution in [3.05, 3.63) is 84.2 Å². The first-order chi connectivity index (χ1) is 17.1. The highest BCUT2D eigenvalue weighted by molar-refractivity contribution is 7.89. The average molecular weight is 529 g/mol. The monoisotopic (exact) mass is 528 g/mol. The normalized spacial score (nSPS) is 17.1. The van der Waals surface area contributed by atoms with Gasteiger partial charge >= 0.3 is 0 Å². The van der Waals surface area contributed by atoms with Gasteiger partial charge in [-0.1, -0.05) is 12.5 Å². The first-order valence-corrected chi connectivity index (χ1v) is 14.3. The summed E-state index contributed by atoms with van der Waals surface area (Å²) in [5.74, 6) is -0.438. The maximum atomic E-state index is 13.5. The summed E-state index contributed by atoms with van der Waals surface area (Å²) in [6, 6.07) is 15.1. The Kier molecular flexibility index (Phi) is 7.55. The summed E-state index contributed by atoms with van der Waals surface area (Å²) >= 11 is 0. The second-order valence-corrected chi connectivity index (χ2v) is 12.7. The van der Waals surface area contributed by atoms with E-state index < -0.39 is 26.0 Å². The van der Waals surface area contributed by atoms with Crippen LogP contribution in [0.5, 0.6) is 0 Å². The lowest BCUT2D eigenvalue weighted by Gasteiger charge is -2.34. The maximum Gasteiger partial charge on any atom is 0.255 e. The molecular weight excluding hydrogens is 500 g/mol. The van der Waals surface area contributed by atoms with Gasteiger partial charge in [0.05, 0.1) is 15.8 Å². The van der Waals surface area contributed by atoms with Gasteiger partial charge in [0, 0.05) is 44.3 Å². The molecule has 0 saturated carbocycles. The number of amides is 1. The molecule has 1 saturated heterocycles. The molecule has 0 aliphatic carbocycles. The Bertz CT molecular complexity index is 1420. The van der Waals surface area contributed by atoms with Gasteiger partial charge in [0.1, 0.15) is 0 Å². The van der Waals surface area contributed by atoms with Crippen LogP contribution in [-0.4, -0.2) is 57.0 Å². The predicted molar refractivity (Wildman–Crippen MR) is 136 cm³/mol. The molecule has 0 radical (unpaired) electrons. The topological polar surface area (TPSA) is 117 Å². The molecule has 0 bridgehead atoms. The number of pyridine rings is 1. The van der Waals surface area contributed by atoms with Crippen molar-refractivity contribution in [3.63, 3.8) is 0 Å². The molecule has 4 rings (SSSR count). The molecule has 1 aliphatic heterocycles. The van der Waals surface area contributed by atoms with E-state index in [2.05, 4.69) is 10.3 Å². The van der Waals surface area contributed by atoms with Crippen LogP contribution < -0.4 is 5.32 Å². The zero-order chi connectivity index (χ0) is 25.9. The highest BCUT2D eigenvalue weighted by atomic mass is 32.2. The Labute approximate surface area is 211 Å². The molecule has 1 amide bonds. The predicted octanol–water partition coefficient (Wildman–Crippen LogP) is 3.50. The molecule has 190 valence electrons. The second-order valence-electron chi connectivity index (χ2n) is 8.70. The molecule has 3 aromatic rings. The molecule has 2 heterocycles. The van der Waals surface area contributed by atoms with Crippen LogP contribution in [0.25, 0.3) is 0 Å². The van der Waals surface area contributed by atoms with Crippen molar-refractivity contribution in [2.24, 2.45) is 0 Å². The maximum absolute atomic E-state index is 13.5. The molecule has 36 heavy (non-hydrogen) atoms. The fourth-order valence-corrected chi connectivity index (χ4v) is 6.72. The molecule has 9 nitrogen and oxygen atoms in total. The summed E-state index contributed by atoms with van der Waals surface area (Å²) in [6.45, 7) is 0.430. The van der Waals surface area contributed by atoms with Crippen LogP contribution in [0.15, 0.2) is 82.8 Å². The van der Waals surface area contributed by atoms with Gasteiger partial charge in [0.15, 0.2) is 0 Å². The highest BCUT2D eigenvalue weighted by Gasteiger charge is 2.34. The molecule has 1 N–H and O–H groups in total. The molecular formula is C25H28N4O5S2. The van der Waals surface area contributed by atoms with Crippen molar-refractivity contribution >= 4 is 31.6 Å². The van der Waals surface area contributed by atoms with E-state index in [0.717, 1.165) is 29.1 Å². The van der Waals surface area contributed by atoms with Crippen LogP contribution in [-0.2, 0) is 20.0 Å². The minimum atomic E-state index is -3.75. The average Bonchev–Trinajstić information content (AvgIpc) is 2.89. The minimum Gasteiger partial charge on any atom is -0.322 e. The van der Waals surface area contributed by atoms with Crippen LogP contribution in [0.3, 0.4) is 0 Å². The van der Waals surface area contributed by atoms with Crippen LogP contribution in [0.4, 0.5) is 5.69 Å². The summed E-state index contributed by atoms with van der Waals surface area (Å²) in [4.78, 5) is 17.0. The van der Waals surface area contributed by atoms with Crippen molar-refractivity contribution in [1.29, 1.82) is 0 Å². The third-order valence-electron chi connectivity index (χ3n) is 6.14. The van der Waals surface area contributed by atoms with Gasteiger partial charge in [-0.15, -0.1) is 0 Å². The van der Waals surface area contributed by atoms with Gasteiger partial charge in [-0.3, -0.25) is 9.78 Å². The number of sulfonamides is 2. The van der Waals surface area contributed by atoms with Gasteiger partial charge in [-0.2, -0.15) is 4.31 Å². The van der Waals surface area contributed by atoms with Gasteiger partial charge < -0.3 is 5.32 Å². The molecule has 0 unspecified atom stereocenters. The van der Waals surface area contributed by atoms with E-state index in [-0.39, 0.29) is 21.4 Å². The van der Waals surface area contributed by atoms with E-state index in [4.69, 9.17) is 0 Å². The SMILES string of the molecule is CN(C)S(=O)(=O)c1ccc(C(=O)Nc2ccc(S(=O)(=O)N3CCCC[C@@H]3c3cccnc3)cc2)cc1. The quantitative estimate of drug-likeness (QED) is 0.502. The molecule has 1 fully saturated rings. The number of carbonyl (C=O) groups excluding carboxylic acids is 1. The molecule has 1 aliphatic rings. The van der Waals surface area contributed by atoms with Gasteiger partial charge in [-0.05, 0) is 73.0 Å². The first kappa shape index (κ1) is 26.0. The standard InChI is InChI=1S/C25H28N4O5S2/c1-28(2)35(31,32)22-12-8-19(9-13-22)25(30)27-21-10-14-23(15-11-21)36(33,34)29-17-4-3-7-24(29)20-6-5-16-26-18-20/h5-6,8-16,18,24H,3-4,7,17H2,1-2H3,(H,27,30)/t24-/m1/s1. The second kappa shape index (κ2) is 10.5. The molecule has 1 aromatic heterocycles. The zero-order valence-electron chi connectivity index (χ0n) is 20.0. The Hall–Kier alpha value is -3.12. The number of nitrogens with zero attached hydrogens (tertiary/aromatic N) is 3. The minimum absolute atomic E-state index is 0.0842. The summed E-state index contributed by atoms with van der Waals surface area (Å²) in [7, 11) is -4.47. The molecule has 2 aromatic carbocycles. The Morgan fingerprint density at radius 1 is 0.944 bits per heavy atom. The van der Waals surface area contributed by atoms with E-state index >= 15 is 0 Å². The number of hydrogen-bond acceptors (Lipinski definition) is 6. The van der Waals surface area contributed by atoms with Gasteiger partial charge in [0.25, 0.3) is 5.91 Å². The number of piperidine rings is 1. The van der Waals surface area contributed by atoms with Crippen LogP contribution in [0.2, 0.25) is 0 Å². The summed E-state index contributed by atoms with van der Waals surface area (Å²) < 4.78 is 53.9. The number of nitrogens with one attached hydrogen (secondary N) is 1. The van der Waals surface area contributed by atoms with Crippen molar-refractivity contribution in [2.75, 3.05) is 26.0 Å². The number of benzene rings is 2. The smallest absolute Gasteiger partial charge is 0.255 e. The lowest BCUT2D eigenvalue weighted by Crippen LogP contribution is -2.38. The Balaban J connectivity index is 1.49. The Morgan fingerprint density at radius 2 is 1.61 bits per heavy atom. The van der Waals surface area contributed by atoms with Crippen LogP contribution in [0, 0.1) is 0 Å². The Morgan fingerprint density at radius 3 is 2.22 bits per heavy atom. The van der Waals surface area contributed by atoms with E-state index in [1.54, 1.807) is 30.6 Å². The van der Waals surface area contributed by atoms with E-state index in [1.807, 2.05) is 6.07 Å². The largest absolute Gasteiger partial charge is 0.322 e. The fourth-order valence-electron chi connectivity index (χ4n) is 4.14. The summed E-state index contributed by atoms with van der Waals surface area (Å²) in [5.41, 5.74) is 1.57. The van der Waals surface area contributed by atoms with E-state index in [1.165, 1.54) is 54.8 Å². The van der Waals surface area contributed by atoms with E-state index in [9.17, 15) is 21.6 Å². The van der Waals surface area contributed by atoms with Crippen LogP contribution >= 0.6 is 0 Å². The van der Waals surface area contributed by atoms with Crippen molar-refractivity contribution in [2.45, 2.75) is 35.1 Å². The van der Waals surface area contributed by atoms with Crippen molar-refractivity contribution in [3.8, 4) is 0 Å². The first-order valence-electron chi connectivity index (χ1n) is 11.5. The third kappa shape index (κ3) is 5.34. The van der Waals surface area contributed by atoms with Crippen molar-refractivity contribution in [1.82, 2.24) is 13.6 Å². The number of anilines is 1. The number of carbonyl (C=O) groups is 1. The third-order valence-corrected chi connectivity index (χ3v) is 9.89. The van der Waals surface area contributed by atoms with Crippen LogP contribution in [0.1, 0.15) is 41.2 Å². The summed E-state index contributed by atoms with van der Waals surface area (Å²) in [5, 5.41) is 2.72. The lowest BCUT2D eigenvalue weighted by molar-refractivity contribution is 0.102. The van der Waals surface area contributed by atoms with Gasteiger partial charge in [-0.25, -0.2) is 21.1 Å². The van der Waals surface area contributed by atoms with Crippen molar-refractivity contribution < 1.29 is 21.6 Å².